The van der Waals surface area contributed by atoms with Gasteiger partial charge in [-0.15, -0.1) is 0 Å². The fourth-order valence-electron chi connectivity index (χ4n) is 3.34. The molecule has 0 saturated carbocycles. The summed E-state index contributed by atoms with van der Waals surface area (Å²) >= 11 is 0. The van der Waals surface area contributed by atoms with E-state index < -0.39 is 0 Å². The third-order valence-electron chi connectivity index (χ3n) is 4.72. The summed E-state index contributed by atoms with van der Waals surface area (Å²) in [5, 5.41) is 5.87. The SMILES string of the molecule is CC(C)c1ccc(NC(=O)Nc2c3c(cc4c2OCC4)OCC3)cc1. The maximum absolute atomic E-state index is 12.5. The molecule has 25 heavy (non-hydrogen) atoms. The Morgan fingerprint density at radius 3 is 2.56 bits per heavy atom. The Labute approximate surface area is 147 Å². The van der Waals surface area contributed by atoms with Crippen molar-refractivity contribution in [2.24, 2.45) is 0 Å². The van der Waals surface area contributed by atoms with Crippen LogP contribution in [0.15, 0.2) is 30.3 Å². The Balaban J connectivity index is 1.53. The lowest BCUT2D eigenvalue weighted by molar-refractivity contribution is 0.262. The molecule has 2 aliphatic rings. The number of hydrogen-bond donors (Lipinski definition) is 2. The minimum absolute atomic E-state index is 0.268. The highest BCUT2D eigenvalue weighted by atomic mass is 16.5. The van der Waals surface area contributed by atoms with E-state index in [1.165, 1.54) is 5.56 Å². The fraction of sp³-hybridized carbons (Fsp3) is 0.350. The Morgan fingerprint density at radius 1 is 1.04 bits per heavy atom. The number of carbonyl (C=O) groups is 1. The number of amides is 2. The number of anilines is 2. The van der Waals surface area contributed by atoms with E-state index in [1.54, 1.807) is 0 Å². The Hall–Kier alpha value is -2.69. The van der Waals surface area contributed by atoms with Gasteiger partial charge in [-0.05, 0) is 29.7 Å². The van der Waals surface area contributed by atoms with Gasteiger partial charge in [0, 0.05) is 29.7 Å². The molecule has 0 spiro atoms. The second kappa shape index (κ2) is 6.31. The average Bonchev–Trinajstić information content (AvgIpc) is 3.24. The van der Waals surface area contributed by atoms with Crippen molar-refractivity contribution >= 4 is 17.4 Å². The molecule has 5 heteroatoms. The molecule has 0 unspecified atom stereocenters. The van der Waals surface area contributed by atoms with Gasteiger partial charge < -0.3 is 20.1 Å². The van der Waals surface area contributed by atoms with Crippen molar-refractivity contribution in [2.45, 2.75) is 32.6 Å². The molecule has 2 aromatic carbocycles. The van der Waals surface area contributed by atoms with E-state index >= 15 is 0 Å². The molecule has 0 bridgehead atoms. The maximum Gasteiger partial charge on any atom is 0.323 e. The maximum atomic E-state index is 12.5. The van der Waals surface area contributed by atoms with Gasteiger partial charge in [0.1, 0.15) is 11.5 Å². The van der Waals surface area contributed by atoms with Crippen molar-refractivity contribution in [1.29, 1.82) is 0 Å². The molecule has 0 atom stereocenters. The van der Waals surface area contributed by atoms with E-state index in [0.29, 0.717) is 19.1 Å². The fourth-order valence-corrected chi connectivity index (χ4v) is 3.34. The number of urea groups is 1. The van der Waals surface area contributed by atoms with Crippen molar-refractivity contribution in [1.82, 2.24) is 0 Å². The molecule has 0 radical (unpaired) electrons. The van der Waals surface area contributed by atoms with Crippen LogP contribution >= 0.6 is 0 Å². The monoisotopic (exact) mass is 338 g/mol. The minimum Gasteiger partial charge on any atom is -0.493 e. The molecule has 2 N–H and O–H groups in total. The standard InChI is InChI=1S/C20H22N2O3/c1-12(2)13-3-5-15(6-4-13)21-20(23)22-18-16-8-10-24-17(16)11-14-7-9-25-19(14)18/h3-6,11-12H,7-10H2,1-2H3,(H2,21,22,23). The second-order valence-corrected chi connectivity index (χ2v) is 6.77. The smallest absolute Gasteiger partial charge is 0.323 e. The van der Waals surface area contributed by atoms with Crippen LogP contribution in [0.4, 0.5) is 16.2 Å². The number of hydrogen-bond acceptors (Lipinski definition) is 3. The van der Waals surface area contributed by atoms with Crippen LogP contribution in [0.1, 0.15) is 36.5 Å². The molecule has 130 valence electrons. The van der Waals surface area contributed by atoms with Gasteiger partial charge in [-0.3, -0.25) is 0 Å². The molecular formula is C20H22N2O3. The van der Waals surface area contributed by atoms with Gasteiger partial charge in [0.15, 0.2) is 0 Å². The zero-order valence-electron chi connectivity index (χ0n) is 14.5. The van der Waals surface area contributed by atoms with Crippen LogP contribution in [0, 0.1) is 0 Å². The summed E-state index contributed by atoms with van der Waals surface area (Å²) < 4.78 is 11.4. The second-order valence-electron chi connectivity index (χ2n) is 6.77. The Morgan fingerprint density at radius 2 is 1.80 bits per heavy atom. The van der Waals surface area contributed by atoms with Crippen LogP contribution in [-0.4, -0.2) is 19.2 Å². The van der Waals surface area contributed by atoms with E-state index in [1.807, 2.05) is 30.3 Å². The number of ether oxygens (including phenoxy) is 2. The lowest BCUT2D eigenvalue weighted by Gasteiger charge is -2.15. The van der Waals surface area contributed by atoms with Crippen LogP contribution in [0.2, 0.25) is 0 Å². The summed E-state index contributed by atoms with van der Waals surface area (Å²) in [6.45, 7) is 5.58. The lowest BCUT2D eigenvalue weighted by Crippen LogP contribution is -2.20. The van der Waals surface area contributed by atoms with Gasteiger partial charge in [0.25, 0.3) is 0 Å². The first kappa shape index (κ1) is 15.8. The van der Waals surface area contributed by atoms with Gasteiger partial charge in [0.2, 0.25) is 0 Å². The Bertz CT molecular complexity index is 780. The van der Waals surface area contributed by atoms with E-state index in [9.17, 15) is 4.79 Å². The predicted molar refractivity (Wildman–Crippen MR) is 98.0 cm³/mol. The highest BCUT2D eigenvalue weighted by Crippen LogP contribution is 2.44. The highest BCUT2D eigenvalue weighted by molar-refractivity contribution is 6.02. The summed E-state index contributed by atoms with van der Waals surface area (Å²) in [7, 11) is 0. The molecule has 4 rings (SSSR count). The first-order valence-corrected chi connectivity index (χ1v) is 8.74. The van der Waals surface area contributed by atoms with E-state index in [0.717, 1.165) is 46.8 Å². The van der Waals surface area contributed by atoms with Crippen LogP contribution in [0.3, 0.4) is 0 Å². The van der Waals surface area contributed by atoms with Gasteiger partial charge in [-0.2, -0.15) is 0 Å². The molecule has 0 fully saturated rings. The number of nitrogens with one attached hydrogen (secondary N) is 2. The first-order chi connectivity index (χ1) is 12.1. The first-order valence-electron chi connectivity index (χ1n) is 8.74. The summed E-state index contributed by atoms with van der Waals surface area (Å²) in [4.78, 5) is 12.5. The van der Waals surface area contributed by atoms with E-state index in [2.05, 4.69) is 24.5 Å². The van der Waals surface area contributed by atoms with Gasteiger partial charge in [-0.25, -0.2) is 4.79 Å². The molecule has 2 amide bonds. The van der Waals surface area contributed by atoms with Crippen molar-refractivity contribution in [2.75, 3.05) is 23.8 Å². The molecule has 5 nitrogen and oxygen atoms in total. The topological polar surface area (TPSA) is 59.6 Å². The molecule has 2 heterocycles. The zero-order valence-corrected chi connectivity index (χ0v) is 14.5. The van der Waals surface area contributed by atoms with Crippen LogP contribution in [-0.2, 0) is 12.8 Å². The third kappa shape index (κ3) is 3.02. The zero-order chi connectivity index (χ0) is 17.4. The number of carbonyl (C=O) groups excluding carboxylic acids is 1. The van der Waals surface area contributed by atoms with Gasteiger partial charge in [0.05, 0.1) is 18.9 Å². The predicted octanol–water partition coefficient (Wildman–Crippen LogP) is 4.32. The largest absolute Gasteiger partial charge is 0.493 e. The number of rotatable bonds is 3. The molecule has 0 aliphatic carbocycles. The molecule has 2 aromatic rings. The Kier molecular flexibility index (Phi) is 3.99. The molecule has 2 aliphatic heterocycles. The quantitative estimate of drug-likeness (QED) is 0.876. The minimum atomic E-state index is -0.268. The molecular weight excluding hydrogens is 316 g/mol. The van der Waals surface area contributed by atoms with Gasteiger partial charge in [-0.1, -0.05) is 26.0 Å². The summed E-state index contributed by atoms with van der Waals surface area (Å²) in [5.41, 5.74) is 4.88. The van der Waals surface area contributed by atoms with Crippen LogP contribution in [0.5, 0.6) is 11.5 Å². The third-order valence-corrected chi connectivity index (χ3v) is 4.72. The van der Waals surface area contributed by atoms with Crippen LogP contribution < -0.4 is 20.1 Å². The molecule has 0 saturated heterocycles. The van der Waals surface area contributed by atoms with Crippen molar-refractivity contribution < 1.29 is 14.3 Å². The van der Waals surface area contributed by atoms with Crippen molar-refractivity contribution in [3.63, 3.8) is 0 Å². The van der Waals surface area contributed by atoms with Crippen molar-refractivity contribution in [3.05, 3.63) is 47.0 Å². The average molecular weight is 338 g/mol. The normalized spacial score (nSPS) is 14.5. The number of fused-ring (bicyclic) bond motifs is 2. The van der Waals surface area contributed by atoms with Crippen molar-refractivity contribution in [3.8, 4) is 11.5 Å². The van der Waals surface area contributed by atoms with Gasteiger partial charge >= 0.3 is 6.03 Å². The van der Waals surface area contributed by atoms with Crippen LogP contribution in [0.25, 0.3) is 0 Å². The summed E-state index contributed by atoms with van der Waals surface area (Å²) in [6, 6.07) is 9.70. The van der Waals surface area contributed by atoms with E-state index in [-0.39, 0.29) is 6.03 Å². The summed E-state index contributed by atoms with van der Waals surface area (Å²) in [6.07, 6.45) is 1.63. The van der Waals surface area contributed by atoms with E-state index in [4.69, 9.17) is 9.47 Å². The highest BCUT2D eigenvalue weighted by Gasteiger charge is 2.27. The summed E-state index contributed by atoms with van der Waals surface area (Å²) in [5.74, 6) is 2.12. The molecule has 0 aromatic heterocycles. The lowest BCUT2D eigenvalue weighted by atomic mass is 10.0. The number of benzene rings is 2.